The first kappa shape index (κ1) is 17.3. The largest absolute Gasteiger partial charge is 0.326 e. The van der Waals surface area contributed by atoms with Gasteiger partial charge in [0.15, 0.2) is 0 Å². The van der Waals surface area contributed by atoms with Gasteiger partial charge in [-0.15, -0.1) is 0 Å². The number of rotatable bonds is 5. The molecule has 1 aliphatic heterocycles. The van der Waals surface area contributed by atoms with E-state index in [-0.39, 0.29) is 18.7 Å². The highest BCUT2D eigenvalue weighted by Crippen LogP contribution is 2.23. The van der Waals surface area contributed by atoms with E-state index in [1.54, 1.807) is 31.2 Å². The van der Waals surface area contributed by atoms with Crippen LogP contribution in [0.3, 0.4) is 0 Å². The molecule has 26 heavy (non-hydrogen) atoms. The Hall–Kier alpha value is -3.55. The average molecular weight is 353 g/mol. The highest BCUT2D eigenvalue weighted by molar-refractivity contribution is 6.21. The Morgan fingerprint density at radius 2 is 1.73 bits per heavy atom. The first-order chi connectivity index (χ1) is 12.4. The van der Waals surface area contributed by atoms with E-state index in [0.29, 0.717) is 22.4 Å². The van der Waals surface area contributed by atoms with Crippen molar-refractivity contribution < 1.29 is 19.3 Å². The summed E-state index contributed by atoms with van der Waals surface area (Å²) in [5, 5.41) is 13.4. The molecule has 0 unspecified atom stereocenters. The van der Waals surface area contributed by atoms with Gasteiger partial charge in [0.05, 0.1) is 16.1 Å². The topological polar surface area (TPSA) is 110 Å². The van der Waals surface area contributed by atoms with E-state index in [1.165, 1.54) is 18.2 Å². The molecular formula is C18H15N3O5. The second-order valence-corrected chi connectivity index (χ2v) is 5.86. The summed E-state index contributed by atoms with van der Waals surface area (Å²) < 4.78 is 0. The second-order valence-electron chi connectivity index (χ2n) is 5.86. The van der Waals surface area contributed by atoms with Crippen LogP contribution in [0, 0.1) is 17.0 Å². The van der Waals surface area contributed by atoms with Gasteiger partial charge in [-0.3, -0.25) is 29.4 Å². The van der Waals surface area contributed by atoms with Crippen molar-refractivity contribution in [1.82, 2.24) is 4.90 Å². The summed E-state index contributed by atoms with van der Waals surface area (Å²) in [5.74, 6) is -1.21. The zero-order chi connectivity index (χ0) is 18.8. The van der Waals surface area contributed by atoms with Gasteiger partial charge in [-0.1, -0.05) is 12.1 Å². The van der Waals surface area contributed by atoms with Crippen LogP contribution in [0.5, 0.6) is 0 Å². The molecule has 2 aromatic rings. The number of nitro groups is 1. The minimum absolute atomic E-state index is 0.0375. The molecule has 0 fully saturated rings. The summed E-state index contributed by atoms with van der Waals surface area (Å²) in [6.07, 6.45) is -0.0676. The van der Waals surface area contributed by atoms with Crippen LogP contribution in [-0.2, 0) is 4.79 Å². The number of anilines is 1. The number of nitro benzene ring substituents is 1. The number of amides is 3. The normalized spacial score (nSPS) is 12.9. The highest BCUT2D eigenvalue weighted by atomic mass is 16.6. The zero-order valence-corrected chi connectivity index (χ0v) is 13.9. The quantitative estimate of drug-likeness (QED) is 0.504. The lowest BCUT2D eigenvalue weighted by Crippen LogP contribution is -2.32. The number of imide groups is 1. The van der Waals surface area contributed by atoms with E-state index in [4.69, 9.17) is 0 Å². The fourth-order valence-corrected chi connectivity index (χ4v) is 2.77. The molecule has 0 spiro atoms. The Morgan fingerprint density at radius 3 is 2.27 bits per heavy atom. The number of carbonyl (C=O) groups excluding carboxylic acids is 3. The van der Waals surface area contributed by atoms with E-state index >= 15 is 0 Å². The Balaban J connectivity index is 1.63. The zero-order valence-electron chi connectivity index (χ0n) is 13.9. The van der Waals surface area contributed by atoms with Gasteiger partial charge in [-0.2, -0.15) is 0 Å². The fraction of sp³-hybridized carbons (Fsp3) is 0.167. The third kappa shape index (κ3) is 3.16. The van der Waals surface area contributed by atoms with Crippen molar-refractivity contribution in [2.45, 2.75) is 13.3 Å². The van der Waals surface area contributed by atoms with Gasteiger partial charge in [0.1, 0.15) is 0 Å². The van der Waals surface area contributed by atoms with E-state index in [9.17, 15) is 24.5 Å². The summed E-state index contributed by atoms with van der Waals surface area (Å²) in [6.45, 7) is 1.61. The molecule has 0 saturated heterocycles. The number of benzene rings is 2. The van der Waals surface area contributed by atoms with Crippen molar-refractivity contribution in [2.75, 3.05) is 11.9 Å². The van der Waals surface area contributed by atoms with Crippen LogP contribution >= 0.6 is 0 Å². The molecule has 1 heterocycles. The minimum Gasteiger partial charge on any atom is -0.326 e. The number of hydrogen-bond donors (Lipinski definition) is 1. The first-order valence-corrected chi connectivity index (χ1v) is 7.88. The van der Waals surface area contributed by atoms with Crippen LogP contribution in [0.1, 0.15) is 32.7 Å². The predicted molar refractivity (Wildman–Crippen MR) is 92.9 cm³/mol. The third-order valence-corrected chi connectivity index (χ3v) is 4.14. The number of nitrogens with one attached hydrogen (secondary N) is 1. The summed E-state index contributed by atoms with van der Waals surface area (Å²) >= 11 is 0. The lowest BCUT2D eigenvalue weighted by Gasteiger charge is -2.14. The summed E-state index contributed by atoms with van der Waals surface area (Å²) in [4.78, 5) is 47.9. The van der Waals surface area contributed by atoms with Gasteiger partial charge in [0.25, 0.3) is 17.5 Å². The number of non-ortho nitro benzene ring substituents is 1. The summed E-state index contributed by atoms with van der Waals surface area (Å²) in [7, 11) is 0. The molecule has 0 saturated carbocycles. The Bertz CT molecular complexity index is 903. The molecule has 2 aromatic carbocycles. The van der Waals surface area contributed by atoms with E-state index in [2.05, 4.69) is 5.32 Å². The molecule has 3 amide bonds. The van der Waals surface area contributed by atoms with Crippen molar-refractivity contribution in [3.05, 3.63) is 69.3 Å². The average Bonchev–Trinajstić information content (AvgIpc) is 2.86. The molecule has 0 bridgehead atoms. The van der Waals surface area contributed by atoms with Crippen LogP contribution in [0.25, 0.3) is 0 Å². The molecular weight excluding hydrogens is 338 g/mol. The standard InChI is InChI=1S/C18H15N3O5/c1-11-10-12(21(25)26)6-7-15(11)19-16(22)8-9-20-17(23)13-4-2-3-5-14(13)18(20)24/h2-7,10H,8-9H2,1H3,(H,19,22). The lowest BCUT2D eigenvalue weighted by atomic mass is 10.1. The van der Waals surface area contributed by atoms with Gasteiger partial charge < -0.3 is 5.32 Å². The monoisotopic (exact) mass is 353 g/mol. The van der Waals surface area contributed by atoms with E-state index in [1.807, 2.05) is 0 Å². The van der Waals surface area contributed by atoms with Crippen LogP contribution in [0.15, 0.2) is 42.5 Å². The highest BCUT2D eigenvalue weighted by Gasteiger charge is 2.34. The predicted octanol–water partition coefficient (Wildman–Crippen LogP) is 2.53. The number of hydrogen-bond acceptors (Lipinski definition) is 5. The summed E-state index contributed by atoms with van der Waals surface area (Å²) in [6, 6.07) is 10.6. The molecule has 0 aromatic heterocycles. The van der Waals surface area contributed by atoms with Crippen LogP contribution < -0.4 is 5.32 Å². The van der Waals surface area contributed by atoms with Crippen molar-refractivity contribution in [3.8, 4) is 0 Å². The SMILES string of the molecule is Cc1cc([N+](=O)[O-])ccc1NC(=O)CCN1C(=O)c2ccccc2C1=O. The smallest absolute Gasteiger partial charge is 0.269 e. The minimum atomic E-state index is -0.513. The maximum Gasteiger partial charge on any atom is 0.269 e. The van der Waals surface area contributed by atoms with E-state index in [0.717, 1.165) is 4.90 Å². The maximum atomic E-state index is 12.2. The number of nitrogens with zero attached hydrogens (tertiary/aromatic N) is 2. The van der Waals surface area contributed by atoms with E-state index < -0.39 is 22.6 Å². The van der Waals surface area contributed by atoms with Crippen molar-refractivity contribution in [3.63, 3.8) is 0 Å². The second kappa shape index (κ2) is 6.75. The molecule has 0 aliphatic carbocycles. The Kier molecular flexibility index (Phi) is 4.49. The van der Waals surface area contributed by atoms with Crippen molar-refractivity contribution in [1.29, 1.82) is 0 Å². The molecule has 0 atom stereocenters. The Labute approximate surface area is 148 Å². The molecule has 1 N–H and O–H groups in total. The number of fused-ring (bicyclic) bond motifs is 1. The summed E-state index contributed by atoms with van der Waals surface area (Å²) in [5.41, 5.74) is 1.61. The molecule has 1 aliphatic rings. The van der Waals surface area contributed by atoms with Crippen LogP contribution in [0.2, 0.25) is 0 Å². The number of aryl methyl sites for hydroxylation is 1. The molecule has 8 heteroatoms. The lowest BCUT2D eigenvalue weighted by molar-refractivity contribution is -0.384. The molecule has 8 nitrogen and oxygen atoms in total. The van der Waals surface area contributed by atoms with Crippen molar-refractivity contribution in [2.24, 2.45) is 0 Å². The first-order valence-electron chi connectivity index (χ1n) is 7.88. The molecule has 0 radical (unpaired) electrons. The molecule has 132 valence electrons. The van der Waals surface area contributed by atoms with Gasteiger partial charge in [-0.05, 0) is 30.7 Å². The maximum absolute atomic E-state index is 12.2. The van der Waals surface area contributed by atoms with Gasteiger partial charge >= 0.3 is 0 Å². The molecule has 3 rings (SSSR count). The van der Waals surface area contributed by atoms with Gasteiger partial charge in [-0.25, -0.2) is 0 Å². The Morgan fingerprint density at radius 1 is 1.12 bits per heavy atom. The van der Waals surface area contributed by atoms with Gasteiger partial charge in [0, 0.05) is 30.8 Å². The third-order valence-electron chi connectivity index (χ3n) is 4.14. The van der Waals surface area contributed by atoms with Crippen molar-refractivity contribution >= 4 is 29.1 Å². The van der Waals surface area contributed by atoms with Crippen LogP contribution in [-0.4, -0.2) is 34.1 Å². The van der Waals surface area contributed by atoms with Crippen LogP contribution in [0.4, 0.5) is 11.4 Å². The fourth-order valence-electron chi connectivity index (χ4n) is 2.77. The number of carbonyl (C=O) groups is 3. The van der Waals surface area contributed by atoms with Gasteiger partial charge in [0.2, 0.25) is 5.91 Å².